The zero-order valence-electron chi connectivity index (χ0n) is 14.0. The van der Waals surface area contributed by atoms with Gasteiger partial charge in [-0.1, -0.05) is 62.5 Å². The Morgan fingerprint density at radius 1 is 0.818 bits per heavy atom. The van der Waals surface area contributed by atoms with Gasteiger partial charge in [-0.2, -0.15) is 0 Å². The summed E-state index contributed by atoms with van der Waals surface area (Å²) in [5, 5.41) is 9.39. The van der Waals surface area contributed by atoms with Crippen LogP contribution in [0, 0.1) is 0 Å². The second-order valence-electron chi connectivity index (χ2n) is 6.02. The van der Waals surface area contributed by atoms with E-state index in [1.54, 1.807) is 6.07 Å². The Morgan fingerprint density at radius 2 is 1.45 bits per heavy atom. The predicted octanol–water partition coefficient (Wildman–Crippen LogP) is 6.58. The molecule has 0 unspecified atom stereocenters. The van der Waals surface area contributed by atoms with Crippen molar-refractivity contribution in [2.24, 2.45) is 0 Å². The van der Waals surface area contributed by atoms with E-state index in [1.165, 1.54) is 63.4 Å². The van der Waals surface area contributed by atoms with Gasteiger partial charge in [0.05, 0.1) is 0 Å². The van der Waals surface area contributed by atoms with Crippen molar-refractivity contribution in [2.45, 2.75) is 70.6 Å². The van der Waals surface area contributed by atoms with E-state index in [9.17, 15) is 5.11 Å². The summed E-state index contributed by atoms with van der Waals surface area (Å²) in [6, 6.07) is 7.55. The molecule has 22 heavy (non-hydrogen) atoms. The summed E-state index contributed by atoms with van der Waals surface area (Å²) in [4.78, 5) is 0. The fourth-order valence-electron chi connectivity index (χ4n) is 2.63. The zero-order chi connectivity index (χ0) is 15.9. The highest BCUT2D eigenvalue weighted by Crippen LogP contribution is 2.13. The Kier molecular flexibility index (Phi) is 11.1. The second kappa shape index (κ2) is 13.2. The SMILES string of the molecule is C=CCCCCCCCCC/C=C/CCc1cccc(O)c1. The maximum Gasteiger partial charge on any atom is 0.115 e. The van der Waals surface area contributed by atoms with Crippen LogP contribution in [0.2, 0.25) is 0 Å². The van der Waals surface area contributed by atoms with Crippen molar-refractivity contribution in [3.63, 3.8) is 0 Å². The maximum atomic E-state index is 9.39. The van der Waals surface area contributed by atoms with Crippen LogP contribution in [0.1, 0.15) is 69.8 Å². The molecular formula is C21H32O. The molecule has 0 fully saturated rings. The van der Waals surface area contributed by atoms with Crippen LogP contribution in [0.4, 0.5) is 0 Å². The van der Waals surface area contributed by atoms with Crippen LogP contribution >= 0.6 is 0 Å². The summed E-state index contributed by atoms with van der Waals surface area (Å²) < 4.78 is 0. The van der Waals surface area contributed by atoms with Crippen molar-refractivity contribution < 1.29 is 5.11 Å². The lowest BCUT2D eigenvalue weighted by Crippen LogP contribution is -1.82. The van der Waals surface area contributed by atoms with Crippen LogP contribution in [-0.4, -0.2) is 5.11 Å². The topological polar surface area (TPSA) is 20.2 Å². The summed E-state index contributed by atoms with van der Waals surface area (Å²) in [5.74, 6) is 0.367. The number of hydrogen-bond donors (Lipinski definition) is 1. The molecule has 0 saturated heterocycles. The molecule has 0 amide bonds. The molecule has 0 atom stereocenters. The van der Waals surface area contributed by atoms with Crippen molar-refractivity contribution in [2.75, 3.05) is 0 Å². The molecule has 1 aromatic carbocycles. The summed E-state index contributed by atoms with van der Waals surface area (Å²) in [5.41, 5.74) is 1.21. The number of allylic oxidation sites excluding steroid dienone is 3. The highest BCUT2D eigenvalue weighted by molar-refractivity contribution is 5.27. The molecule has 1 N–H and O–H groups in total. The Labute approximate surface area is 136 Å². The van der Waals surface area contributed by atoms with Gasteiger partial charge in [-0.05, 0) is 56.2 Å². The third kappa shape index (κ3) is 10.3. The molecule has 1 heteroatoms. The van der Waals surface area contributed by atoms with Crippen LogP contribution in [0.5, 0.6) is 5.75 Å². The van der Waals surface area contributed by atoms with Crippen LogP contribution in [0.3, 0.4) is 0 Å². The van der Waals surface area contributed by atoms with E-state index in [1.807, 2.05) is 18.2 Å². The highest BCUT2D eigenvalue weighted by Gasteiger charge is 1.93. The number of aryl methyl sites for hydroxylation is 1. The van der Waals surface area contributed by atoms with Gasteiger partial charge in [-0.25, -0.2) is 0 Å². The molecule has 0 saturated carbocycles. The number of rotatable bonds is 13. The molecule has 0 bridgehead atoms. The van der Waals surface area contributed by atoms with Gasteiger partial charge in [0.2, 0.25) is 0 Å². The molecule has 0 aliphatic heterocycles. The molecule has 0 aliphatic rings. The number of phenols is 1. The van der Waals surface area contributed by atoms with E-state index >= 15 is 0 Å². The van der Waals surface area contributed by atoms with E-state index in [0.29, 0.717) is 5.75 Å². The summed E-state index contributed by atoms with van der Waals surface area (Å²) in [7, 11) is 0. The van der Waals surface area contributed by atoms with Crippen LogP contribution < -0.4 is 0 Å². The molecule has 0 aromatic heterocycles. The minimum atomic E-state index is 0.367. The molecule has 0 spiro atoms. The summed E-state index contributed by atoms with van der Waals surface area (Å²) >= 11 is 0. The van der Waals surface area contributed by atoms with Gasteiger partial charge < -0.3 is 5.11 Å². The van der Waals surface area contributed by atoms with E-state index < -0.39 is 0 Å². The lowest BCUT2D eigenvalue weighted by atomic mass is 10.1. The van der Waals surface area contributed by atoms with Gasteiger partial charge >= 0.3 is 0 Å². The number of aromatic hydroxyl groups is 1. The first-order valence-electron chi connectivity index (χ1n) is 8.86. The Hall–Kier alpha value is -1.50. The maximum absolute atomic E-state index is 9.39. The second-order valence-corrected chi connectivity index (χ2v) is 6.02. The lowest BCUT2D eigenvalue weighted by Gasteiger charge is -2.00. The molecular weight excluding hydrogens is 268 g/mol. The quantitative estimate of drug-likeness (QED) is 0.322. The van der Waals surface area contributed by atoms with E-state index in [2.05, 4.69) is 24.8 Å². The first-order valence-corrected chi connectivity index (χ1v) is 8.86. The van der Waals surface area contributed by atoms with Gasteiger partial charge in [0.25, 0.3) is 0 Å². The first kappa shape index (κ1) is 18.5. The smallest absolute Gasteiger partial charge is 0.115 e. The number of hydrogen-bond acceptors (Lipinski definition) is 1. The number of benzene rings is 1. The average molecular weight is 300 g/mol. The van der Waals surface area contributed by atoms with Crippen LogP contribution in [0.25, 0.3) is 0 Å². The van der Waals surface area contributed by atoms with Gasteiger partial charge in [0.1, 0.15) is 5.75 Å². The van der Waals surface area contributed by atoms with Crippen LogP contribution in [-0.2, 0) is 6.42 Å². The minimum absolute atomic E-state index is 0.367. The third-order valence-electron chi connectivity index (χ3n) is 3.96. The molecule has 122 valence electrons. The van der Waals surface area contributed by atoms with E-state index in [0.717, 1.165) is 12.8 Å². The molecule has 0 radical (unpaired) electrons. The predicted molar refractivity (Wildman–Crippen MR) is 97.3 cm³/mol. The van der Waals surface area contributed by atoms with E-state index in [4.69, 9.17) is 0 Å². The van der Waals surface area contributed by atoms with Gasteiger partial charge in [0, 0.05) is 0 Å². The fourth-order valence-corrected chi connectivity index (χ4v) is 2.63. The Morgan fingerprint density at radius 3 is 2.14 bits per heavy atom. The minimum Gasteiger partial charge on any atom is -0.508 e. The number of unbranched alkanes of at least 4 members (excludes halogenated alkanes) is 8. The largest absolute Gasteiger partial charge is 0.508 e. The molecule has 0 aliphatic carbocycles. The van der Waals surface area contributed by atoms with Crippen molar-refractivity contribution in [3.05, 3.63) is 54.6 Å². The standard InChI is InChI=1S/C21H32O/c1-2-3-4-5-6-7-8-9-10-11-12-13-14-16-20-17-15-18-21(22)19-20/h2,12-13,15,17-19,22H,1,3-11,14,16H2/b13-12+. The summed E-state index contributed by atoms with van der Waals surface area (Å²) in [6.07, 6.45) is 20.6. The highest BCUT2D eigenvalue weighted by atomic mass is 16.3. The molecule has 1 aromatic rings. The van der Waals surface area contributed by atoms with Gasteiger partial charge in [-0.15, -0.1) is 6.58 Å². The van der Waals surface area contributed by atoms with Crippen molar-refractivity contribution in [1.82, 2.24) is 0 Å². The Balaban J connectivity index is 1.89. The van der Waals surface area contributed by atoms with Crippen molar-refractivity contribution in [3.8, 4) is 5.75 Å². The van der Waals surface area contributed by atoms with E-state index in [-0.39, 0.29) is 0 Å². The molecule has 0 heterocycles. The van der Waals surface area contributed by atoms with Gasteiger partial charge in [0.15, 0.2) is 0 Å². The normalized spacial score (nSPS) is 11.1. The third-order valence-corrected chi connectivity index (χ3v) is 3.96. The van der Waals surface area contributed by atoms with Gasteiger partial charge in [-0.3, -0.25) is 0 Å². The lowest BCUT2D eigenvalue weighted by molar-refractivity contribution is 0.474. The van der Waals surface area contributed by atoms with Crippen molar-refractivity contribution in [1.29, 1.82) is 0 Å². The molecule has 1 rings (SSSR count). The van der Waals surface area contributed by atoms with Crippen LogP contribution in [0.15, 0.2) is 49.1 Å². The summed E-state index contributed by atoms with van der Waals surface area (Å²) in [6.45, 7) is 3.75. The zero-order valence-corrected chi connectivity index (χ0v) is 14.0. The molecule has 1 nitrogen and oxygen atoms in total. The monoisotopic (exact) mass is 300 g/mol. The Bertz CT molecular complexity index is 420. The number of phenolic OH excluding ortho intramolecular Hbond substituents is 1. The fraction of sp³-hybridized carbons (Fsp3) is 0.524. The first-order chi connectivity index (χ1) is 10.8. The average Bonchev–Trinajstić information content (AvgIpc) is 2.52. The van der Waals surface area contributed by atoms with Crippen molar-refractivity contribution >= 4 is 0 Å².